The van der Waals surface area contributed by atoms with Crippen molar-refractivity contribution >= 4 is 65.9 Å². The quantitative estimate of drug-likeness (QED) is 0.184. The zero-order valence-electron chi connectivity index (χ0n) is 53.8. The topological polar surface area (TPSA) is 317 Å². The van der Waals surface area contributed by atoms with Gasteiger partial charge in [-0.05, 0) is 138 Å². The average molecular weight is 1240 g/mol. The Morgan fingerprint density at radius 3 is 1.30 bits per heavy atom. The summed E-state index contributed by atoms with van der Waals surface area (Å²) in [5.41, 5.74) is -1.31. The molecule has 6 saturated heterocycles. The summed E-state index contributed by atoms with van der Waals surface area (Å²) in [6.07, 6.45) is 3.02. The first-order chi connectivity index (χ1) is 41.2. The highest BCUT2D eigenvalue weighted by atomic mass is 16.6. The minimum absolute atomic E-state index is 0.0164. The van der Waals surface area contributed by atoms with Crippen LogP contribution in [0, 0.1) is 5.92 Å². The van der Waals surface area contributed by atoms with E-state index in [-0.39, 0.29) is 61.5 Å². The van der Waals surface area contributed by atoms with Crippen molar-refractivity contribution in [3.8, 4) is 0 Å². The van der Waals surface area contributed by atoms with Gasteiger partial charge in [-0.3, -0.25) is 19.2 Å². The second-order valence-corrected chi connectivity index (χ2v) is 26.1. The maximum atomic E-state index is 13.5. The van der Waals surface area contributed by atoms with Gasteiger partial charge in [0.15, 0.2) is 0 Å². The molecule has 0 bridgehead atoms. The van der Waals surface area contributed by atoms with Gasteiger partial charge in [0.05, 0.1) is 34.4 Å². The van der Waals surface area contributed by atoms with Crippen LogP contribution in [0.1, 0.15) is 146 Å². The van der Waals surface area contributed by atoms with Gasteiger partial charge in [-0.2, -0.15) is 0 Å². The number of nitrogens with zero attached hydrogens (tertiary/aromatic N) is 5. The van der Waals surface area contributed by atoms with Crippen molar-refractivity contribution in [3.05, 3.63) is 35.9 Å². The Kier molecular flexibility index (Phi) is 25.6. The number of ether oxygens (including phenoxy) is 7. The van der Waals surface area contributed by atoms with Gasteiger partial charge in [0, 0.05) is 44.2 Å². The Morgan fingerprint density at radius 2 is 0.898 bits per heavy atom. The molecule has 492 valence electrons. The lowest BCUT2D eigenvalue weighted by atomic mass is 10.0. The zero-order chi connectivity index (χ0) is 65.4. The molecule has 0 radical (unpaired) electrons. The number of hydrogen-bond acceptors (Lipinski definition) is 19. The molecule has 8 amide bonds. The zero-order valence-corrected chi connectivity index (χ0v) is 53.8. The van der Waals surface area contributed by atoms with Crippen molar-refractivity contribution in [2.45, 2.75) is 218 Å². The number of rotatable bonds is 10. The molecule has 1 aromatic rings. The van der Waals surface area contributed by atoms with Crippen LogP contribution >= 0.6 is 0 Å². The van der Waals surface area contributed by atoms with E-state index >= 15 is 0 Å². The molecule has 27 nitrogen and oxygen atoms in total. The molecule has 0 aromatic heterocycles. The summed E-state index contributed by atoms with van der Waals surface area (Å²) in [5.74, 6) is -2.35. The van der Waals surface area contributed by atoms with Crippen molar-refractivity contribution in [1.82, 2.24) is 45.8 Å². The maximum Gasteiger partial charge on any atom is 0.410 e. The summed E-state index contributed by atoms with van der Waals surface area (Å²) < 4.78 is 35.9. The van der Waals surface area contributed by atoms with Gasteiger partial charge < -0.3 is 78.9 Å². The highest BCUT2D eigenvalue weighted by Gasteiger charge is 2.49. The molecule has 6 heterocycles. The third-order valence-electron chi connectivity index (χ3n) is 15.3. The monoisotopic (exact) mass is 1240 g/mol. The van der Waals surface area contributed by atoms with Crippen molar-refractivity contribution < 1.29 is 85.9 Å². The molecule has 0 aliphatic carbocycles. The molecule has 88 heavy (non-hydrogen) atoms. The summed E-state index contributed by atoms with van der Waals surface area (Å²) in [5, 5.41) is 11.0. The second-order valence-electron chi connectivity index (χ2n) is 26.1. The van der Waals surface area contributed by atoms with Crippen molar-refractivity contribution in [2.75, 3.05) is 60.6 Å². The summed E-state index contributed by atoms with van der Waals surface area (Å²) in [4.78, 5) is 147. The van der Waals surface area contributed by atoms with Crippen LogP contribution in [-0.4, -0.2) is 222 Å². The Balaban J connectivity index is 0.000000244. The smallest absolute Gasteiger partial charge is 0.410 e. The molecule has 27 heteroatoms. The van der Waals surface area contributed by atoms with Crippen LogP contribution in [0.4, 0.5) is 19.2 Å². The first kappa shape index (κ1) is 71.3. The normalized spacial score (nSPS) is 24.8. The van der Waals surface area contributed by atoms with E-state index < -0.39 is 101 Å². The van der Waals surface area contributed by atoms with E-state index in [4.69, 9.17) is 33.2 Å². The molecular weight excluding hydrogens is 1150 g/mol. The van der Waals surface area contributed by atoms with Crippen LogP contribution in [0.15, 0.2) is 30.3 Å². The number of carbonyl (C=O) groups excluding carboxylic acids is 11. The van der Waals surface area contributed by atoms with E-state index in [1.165, 1.54) is 36.0 Å². The molecule has 0 saturated carbocycles. The highest BCUT2D eigenvalue weighted by Crippen LogP contribution is 2.33. The summed E-state index contributed by atoms with van der Waals surface area (Å²) in [6, 6.07) is 3.97. The van der Waals surface area contributed by atoms with Gasteiger partial charge >= 0.3 is 42.3 Å². The first-order valence-electron chi connectivity index (χ1n) is 30.4. The number of esters is 3. The van der Waals surface area contributed by atoms with E-state index in [1.54, 1.807) is 72.1 Å². The lowest BCUT2D eigenvalue weighted by molar-refractivity contribution is -0.154. The molecule has 0 unspecified atom stereocenters. The minimum atomic E-state index is -1.10. The SMILES string of the molecule is COC(=O)[C@@H]1CC[C@@H]2CCN(C(=O)CC(C)C)C[C@H](NC(=O)OC(C)(C)C)C(=O)N21.COC(=O)[C@@H]1CC[C@@H]2CCN(C(=O)OCc3ccccc3)C[C@H](NC(=O)OC(C)(C)C)C(=O)N21.COC(=O)[C@@H]1CC[C@@H]2CCNC[C@H](NC(=O)OC(C)(C)C)C(=O)N21. The average Bonchev–Trinajstić information content (AvgIpc) is 3.86. The predicted molar refractivity (Wildman–Crippen MR) is 317 cm³/mol. The number of alkyl carbamates (subject to hydrolysis) is 3. The summed E-state index contributed by atoms with van der Waals surface area (Å²) >= 11 is 0. The molecule has 7 rings (SSSR count). The van der Waals surface area contributed by atoms with E-state index in [0.29, 0.717) is 71.0 Å². The molecule has 6 fully saturated rings. The van der Waals surface area contributed by atoms with Gasteiger partial charge in [0.2, 0.25) is 23.6 Å². The van der Waals surface area contributed by atoms with E-state index in [9.17, 15) is 52.7 Å². The Labute approximate surface area is 516 Å². The number of amides is 8. The predicted octanol–water partition coefficient (Wildman–Crippen LogP) is 4.55. The molecule has 1 aromatic carbocycles. The number of nitrogens with one attached hydrogen (secondary N) is 4. The van der Waals surface area contributed by atoms with Crippen molar-refractivity contribution in [2.24, 2.45) is 5.92 Å². The minimum Gasteiger partial charge on any atom is -0.467 e. The van der Waals surface area contributed by atoms with Crippen LogP contribution < -0.4 is 21.3 Å². The summed E-state index contributed by atoms with van der Waals surface area (Å²) in [7, 11) is 3.90. The Morgan fingerprint density at radius 1 is 0.523 bits per heavy atom. The van der Waals surface area contributed by atoms with Gasteiger partial charge in [-0.15, -0.1) is 0 Å². The van der Waals surface area contributed by atoms with Gasteiger partial charge in [0.25, 0.3) is 0 Å². The lowest BCUT2D eigenvalue weighted by Crippen LogP contribution is -2.60. The largest absolute Gasteiger partial charge is 0.467 e. The first-order valence-corrected chi connectivity index (χ1v) is 30.4. The van der Waals surface area contributed by atoms with Crippen LogP contribution in [-0.2, 0) is 73.3 Å². The second kappa shape index (κ2) is 31.6. The van der Waals surface area contributed by atoms with Crippen molar-refractivity contribution in [3.63, 3.8) is 0 Å². The molecule has 9 atom stereocenters. The fourth-order valence-corrected chi connectivity index (χ4v) is 11.5. The third-order valence-corrected chi connectivity index (χ3v) is 15.3. The van der Waals surface area contributed by atoms with E-state index in [0.717, 1.165) is 24.9 Å². The van der Waals surface area contributed by atoms with Gasteiger partial charge in [-0.25, -0.2) is 33.6 Å². The number of carbonyl (C=O) groups is 11. The molecule has 6 aliphatic rings. The summed E-state index contributed by atoms with van der Waals surface area (Å²) in [6.45, 7) is 21.3. The highest BCUT2D eigenvalue weighted by molar-refractivity contribution is 5.93. The Bertz CT molecular complexity index is 2620. The fourth-order valence-electron chi connectivity index (χ4n) is 11.5. The molecule has 0 spiro atoms. The lowest BCUT2D eigenvalue weighted by Gasteiger charge is -2.38. The molecule has 6 aliphatic heterocycles. The Hall–Kier alpha value is -7.45. The van der Waals surface area contributed by atoms with Crippen LogP contribution in [0.25, 0.3) is 0 Å². The van der Waals surface area contributed by atoms with Crippen LogP contribution in [0.3, 0.4) is 0 Å². The standard InChI is InChI=1S/C24H33N3O7.C21H35N3O6.C16H27N3O5/c1-24(2,3)34-22(30)25-18-14-26(23(31)33-15-16-8-6-5-7-9-16)13-12-17-10-11-19(21(29)32-4)27(17)20(18)28;1-13(2)11-17(25)23-10-9-14-7-8-16(19(27)29-6)24(14)18(26)15(12-23)22-20(28)30-21(3,4)5;1-16(2,3)24-15(22)18-11-9-17-8-7-10-5-6-12(14(21)23-4)19(10)13(11)20/h5-9,17-19H,10-15H2,1-4H3,(H,25,30);13-16H,7-12H2,1-6H3,(H,22,28);10-12,17H,5-9H2,1-4H3,(H,18,22)/t17-,18+,19+;14-,15+,16+;10-,11+,12+/m111/s1. The number of methoxy groups -OCH3 is 3. The third kappa shape index (κ3) is 20.8. The maximum absolute atomic E-state index is 13.5. The number of hydrogen-bond donors (Lipinski definition) is 4. The molecular formula is C61H95N9O18. The van der Waals surface area contributed by atoms with Crippen LogP contribution in [0.5, 0.6) is 0 Å². The van der Waals surface area contributed by atoms with Gasteiger partial charge in [0.1, 0.15) is 59.7 Å². The van der Waals surface area contributed by atoms with Gasteiger partial charge in [-0.1, -0.05) is 44.2 Å². The van der Waals surface area contributed by atoms with E-state index in [2.05, 4.69) is 21.3 Å². The van der Waals surface area contributed by atoms with E-state index in [1.807, 2.05) is 44.2 Å². The number of fused-ring (bicyclic) bond motifs is 3. The van der Waals surface area contributed by atoms with Crippen LogP contribution in [0.2, 0.25) is 0 Å². The number of benzene rings is 1. The van der Waals surface area contributed by atoms with Crippen molar-refractivity contribution in [1.29, 1.82) is 0 Å². The fraction of sp³-hybridized carbons (Fsp3) is 0.721. The molecule has 4 N–H and O–H groups in total.